The van der Waals surface area contributed by atoms with Crippen molar-refractivity contribution < 1.29 is 4.79 Å². The second kappa shape index (κ2) is 6.76. The minimum Gasteiger partial charge on any atom is -0.347 e. The number of hydrogen-bond acceptors (Lipinski definition) is 3. The van der Waals surface area contributed by atoms with Crippen molar-refractivity contribution in [3.63, 3.8) is 0 Å². The van der Waals surface area contributed by atoms with E-state index in [-0.39, 0.29) is 11.4 Å². The highest BCUT2D eigenvalue weighted by atomic mass is 32.2. The third-order valence-electron chi connectivity index (χ3n) is 3.31. The van der Waals surface area contributed by atoms with Crippen molar-refractivity contribution in [2.24, 2.45) is 0 Å². The molecule has 0 aliphatic heterocycles. The summed E-state index contributed by atoms with van der Waals surface area (Å²) in [5, 5.41) is 3.79. The van der Waals surface area contributed by atoms with Crippen molar-refractivity contribution in [3.05, 3.63) is 54.2 Å². The average molecular weight is 300 g/mol. The molecule has 1 amide bonds. The molecule has 1 aromatic heterocycles. The first-order chi connectivity index (χ1) is 10.0. The van der Waals surface area contributed by atoms with Crippen LogP contribution < -0.4 is 5.32 Å². The van der Waals surface area contributed by atoms with Gasteiger partial charge in [0.1, 0.15) is 5.03 Å². The molecule has 1 heterocycles. The zero-order valence-corrected chi connectivity index (χ0v) is 13.4. The van der Waals surface area contributed by atoms with Crippen molar-refractivity contribution in [3.8, 4) is 0 Å². The van der Waals surface area contributed by atoms with Crippen LogP contribution >= 0.6 is 11.8 Å². The standard InChI is InChI=1S/C17H20N2OS/c1-4-17(2,3)19-15(20)14-11-8-12-18-16(14)21-13-9-6-5-7-10-13/h5-12H,4H2,1-3H3,(H,19,20). The monoisotopic (exact) mass is 300 g/mol. The second-order valence-corrected chi connectivity index (χ2v) is 6.53. The van der Waals surface area contributed by atoms with Gasteiger partial charge in [-0.2, -0.15) is 0 Å². The van der Waals surface area contributed by atoms with Crippen LogP contribution in [0.15, 0.2) is 58.6 Å². The smallest absolute Gasteiger partial charge is 0.254 e. The molecule has 0 saturated heterocycles. The number of carbonyl (C=O) groups excluding carboxylic acids is 1. The summed E-state index contributed by atoms with van der Waals surface area (Å²) >= 11 is 1.50. The molecule has 1 N–H and O–H groups in total. The number of aromatic nitrogens is 1. The van der Waals surface area contributed by atoms with Gasteiger partial charge in [-0.05, 0) is 44.5 Å². The van der Waals surface area contributed by atoms with E-state index in [9.17, 15) is 4.79 Å². The molecule has 4 heteroatoms. The summed E-state index contributed by atoms with van der Waals surface area (Å²) in [5.41, 5.74) is 0.398. The van der Waals surface area contributed by atoms with Crippen molar-refractivity contribution in [1.82, 2.24) is 10.3 Å². The van der Waals surface area contributed by atoms with E-state index < -0.39 is 0 Å². The molecule has 0 unspecified atom stereocenters. The number of carbonyl (C=O) groups is 1. The third kappa shape index (κ3) is 4.33. The number of amides is 1. The molecule has 21 heavy (non-hydrogen) atoms. The number of benzene rings is 1. The van der Waals surface area contributed by atoms with Crippen LogP contribution in [-0.2, 0) is 0 Å². The fourth-order valence-electron chi connectivity index (χ4n) is 1.71. The Kier molecular flexibility index (Phi) is 5.02. The van der Waals surface area contributed by atoms with E-state index in [4.69, 9.17) is 0 Å². The second-order valence-electron chi connectivity index (χ2n) is 5.46. The Bertz CT molecular complexity index is 611. The van der Waals surface area contributed by atoms with Crippen LogP contribution in [0.25, 0.3) is 0 Å². The van der Waals surface area contributed by atoms with Crippen LogP contribution in [0.3, 0.4) is 0 Å². The maximum Gasteiger partial charge on any atom is 0.254 e. The Morgan fingerprint density at radius 2 is 1.90 bits per heavy atom. The molecule has 0 spiro atoms. The topological polar surface area (TPSA) is 42.0 Å². The van der Waals surface area contributed by atoms with Gasteiger partial charge >= 0.3 is 0 Å². The maximum absolute atomic E-state index is 12.5. The zero-order valence-electron chi connectivity index (χ0n) is 12.6. The molecule has 2 rings (SSSR count). The summed E-state index contributed by atoms with van der Waals surface area (Å²) in [6, 6.07) is 13.6. The highest BCUT2D eigenvalue weighted by Crippen LogP contribution is 2.28. The van der Waals surface area contributed by atoms with Crippen molar-refractivity contribution in [2.75, 3.05) is 0 Å². The van der Waals surface area contributed by atoms with Gasteiger partial charge in [0.25, 0.3) is 5.91 Å². The molecule has 1 aromatic carbocycles. The van der Waals surface area contributed by atoms with Gasteiger partial charge in [0.05, 0.1) is 5.56 Å². The molecule has 0 aliphatic carbocycles. The molecule has 0 bridgehead atoms. The lowest BCUT2D eigenvalue weighted by atomic mass is 10.0. The van der Waals surface area contributed by atoms with Gasteiger partial charge in [0.15, 0.2) is 0 Å². The van der Waals surface area contributed by atoms with E-state index in [1.807, 2.05) is 50.2 Å². The Labute approximate surface area is 130 Å². The normalized spacial score (nSPS) is 11.2. The zero-order chi connectivity index (χ0) is 15.3. The van der Waals surface area contributed by atoms with Gasteiger partial charge in [-0.25, -0.2) is 4.98 Å². The van der Waals surface area contributed by atoms with Gasteiger partial charge in [-0.3, -0.25) is 4.79 Å². The minimum atomic E-state index is -0.221. The lowest BCUT2D eigenvalue weighted by molar-refractivity contribution is 0.0907. The molecule has 0 atom stereocenters. The Morgan fingerprint density at radius 1 is 1.19 bits per heavy atom. The first kappa shape index (κ1) is 15.6. The van der Waals surface area contributed by atoms with Crippen LogP contribution in [0, 0.1) is 0 Å². The summed E-state index contributed by atoms with van der Waals surface area (Å²) < 4.78 is 0. The Balaban J connectivity index is 2.23. The minimum absolute atomic E-state index is 0.0756. The SMILES string of the molecule is CCC(C)(C)NC(=O)c1cccnc1Sc1ccccc1. The largest absolute Gasteiger partial charge is 0.347 e. The maximum atomic E-state index is 12.5. The molecule has 110 valence electrons. The predicted octanol–water partition coefficient (Wildman–Crippen LogP) is 4.15. The van der Waals surface area contributed by atoms with Gasteiger partial charge in [-0.15, -0.1) is 0 Å². The number of rotatable bonds is 5. The summed E-state index contributed by atoms with van der Waals surface area (Å²) in [6.45, 7) is 6.10. The van der Waals surface area contributed by atoms with Crippen molar-refractivity contribution in [2.45, 2.75) is 42.7 Å². The van der Waals surface area contributed by atoms with E-state index in [0.717, 1.165) is 16.3 Å². The molecular weight excluding hydrogens is 280 g/mol. The number of nitrogens with zero attached hydrogens (tertiary/aromatic N) is 1. The highest BCUT2D eigenvalue weighted by Gasteiger charge is 2.21. The fraction of sp³-hybridized carbons (Fsp3) is 0.294. The lowest BCUT2D eigenvalue weighted by Crippen LogP contribution is -2.43. The summed E-state index contributed by atoms with van der Waals surface area (Å²) in [6.07, 6.45) is 2.59. The first-order valence-electron chi connectivity index (χ1n) is 7.02. The average Bonchev–Trinajstić information content (AvgIpc) is 2.48. The predicted molar refractivity (Wildman–Crippen MR) is 86.6 cm³/mol. The van der Waals surface area contributed by atoms with Gasteiger partial charge in [-0.1, -0.05) is 36.9 Å². The van der Waals surface area contributed by atoms with Gasteiger partial charge in [0.2, 0.25) is 0 Å². The molecule has 2 aromatic rings. The number of hydrogen-bond donors (Lipinski definition) is 1. The molecule has 3 nitrogen and oxygen atoms in total. The molecule has 0 aliphatic rings. The van der Waals surface area contributed by atoms with Crippen molar-refractivity contribution in [1.29, 1.82) is 0 Å². The third-order valence-corrected chi connectivity index (χ3v) is 4.34. The van der Waals surface area contributed by atoms with Crippen molar-refractivity contribution >= 4 is 17.7 Å². The van der Waals surface area contributed by atoms with E-state index in [0.29, 0.717) is 5.56 Å². The molecule has 0 saturated carbocycles. The summed E-state index contributed by atoms with van der Waals surface area (Å²) in [7, 11) is 0. The summed E-state index contributed by atoms with van der Waals surface area (Å²) in [4.78, 5) is 17.9. The Morgan fingerprint density at radius 3 is 2.57 bits per heavy atom. The quantitative estimate of drug-likeness (QED) is 0.902. The molecule has 0 fully saturated rings. The fourth-order valence-corrected chi connectivity index (χ4v) is 2.61. The number of nitrogens with one attached hydrogen (secondary N) is 1. The van der Waals surface area contributed by atoms with E-state index >= 15 is 0 Å². The Hall–Kier alpha value is -1.81. The first-order valence-corrected chi connectivity index (χ1v) is 7.84. The molecule has 0 radical (unpaired) electrons. The highest BCUT2D eigenvalue weighted by molar-refractivity contribution is 7.99. The van der Waals surface area contributed by atoms with Crippen LogP contribution in [0.2, 0.25) is 0 Å². The summed E-state index contributed by atoms with van der Waals surface area (Å²) in [5.74, 6) is -0.0756. The van der Waals surface area contributed by atoms with Crippen LogP contribution in [0.4, 0.5) is 0 Å². The molecular formula is C17H20N2OS. The van der Waals surface area contributed by atoms with Gasteiger partial charge < -0.3 is 5.32 Å². The van der Waals surface area contributed by atoms with Crippen LogP contribution in [0.5, 0.6) is 0 Å². The number of pyridine rings is 1. The lowest BCUT2D eigenvalue weighted by Gasteiger charge is -2.24. The van der Waals surface area contributed by atoms with Crippen LogP contribution in [0.1, 0.15) is 37.6 Å². The van der Waals surface area contributed by atoms with Crippen LogP contribution in [-0.4, -0.2) is 16.4 Å². The van der Waals surface area contributed by atoms with E-state index in [1.165, 1.54) is 11.8 Å². The van der Waals surface area contributed by atoms with E-state index in [1.54, 1.807) is 12.3 Å². The van der Waals surface area contributed by atoms with Gasteiger partial charge in [0, 0.05) is 16.6 Å². The van der Waals surface area contributed by atoms with E-state index in [2.05, 4.69) is 17.2 Å².